The summed E-state index contributed by atoms with van der Waals surface area (Å²) in [5.74, 6) is -1.12. The third-order valence-corrected chi connectivity index (χ3v) is 4.82. The van der Waals surface area contributed by atoms with Crippen molar-refractivity contribution in [1.82, 2.24) is 5.32 Å². The standard InChI is InChI=1S/C21H26BN3O7/c23-6-8-30-16-5-4-13(10-17(16)31-9-7-24)11-19(26)25-18-12-14-2-1-3-15(21(27)28)20(14)32-22(18)29/h1-5,10,18,29H,6-9,11-12,23-24H2,(H,25,26)(H,27,28). The Morgan fingerprint density at radius 1 is 1.12 bits per heavy atom. The molecule has 11 heteroatoms. The maximum absolute atomic E-state index is 12.6. The van der Waals surface area contributed by atoms with E-state index in [-0.39, 0.29) is 36.7 Å². The lowest BCUT2D eigenvalue weighted by molar-refractivity contribution is -0.120. The van der Waals surface area contributed by atoms with E-state index in [0.29, 0.717) is 42.3 Å². The van der Waals surface area contributed by atoms with Crippen molar-refractivity contribution in [2.75, 3.05) is 26.3 Å². The van der Waals surface area contributed by atoms with Gasteiger partial charge in [0.05, 0.1) is 17.9 Å². The Labute approximate surface area is 185 Å². The van der Waals surface area contributed by atoms with E-state index in [1.54, 1.807) is 30.3 Å². The summed E-state index contributed by atoms with van der Waals surface area (Å²) in [7, 11) is -1.37. The molecule has 1 aliphatic heterocycles. The van der Waals surface area contributed by atoms with Crippen molar-refractivity contribution in [2.24, 2.45) is 11.5 Å². The van der Waals surface area contributed by atoms with Crippen LogP contribution in [0.2, 0.25) is 0 Å². The van der Waals surface area contributed by atoms with Gasteiger partial charge in [0.15, 0.2) is 11.5 Å². The minimum absolute atomic E-state index is 0.0292. The molecule has 1 heterocycles. The summed E-state index contributed by atoms with van der Waals surface area (Å²) in [6, 6.07) is 9.84. The Kier molecular flexibility index (Phi) is 7.93. The quantitative estimate of drug-likeness (QED) is 0.311. The fourth-order valence-corrected chi connectivity index (χ4v) is 3.39. The number of amides is 1. The number of carbonyl (C=O) groups is 2. The van der Waals surface area contributed by atoms with Crippen molar-refractivity contribution in [3.05, 3.63) is 53.1 Å². The lowest BCUT2D eigenvalue weighted by Crippen LogP contribution is -2.53. The first-order valence-electron chi connectivity index (χ1n) is 10.2. The number of hydrogen-bond donors (Lipinski definition) is 5. The number of carboxylic acid groups (broad SMARTS) is 1. The van der Waals surface area contributed by atoms with Crippen molar-refractivity contribution < 1.29 is 33.8 Å². The van der Waals surface area contributed by atoms with Crippen LogP contribution >= 0.6 is 0 Å². The smallest absolute Gasteiger partial charge is 0.534 e. The number of benzene rings is 2. The fourth-order valence-electron chi connectivity index (χ4n) is 3.39. The molecule has 0 bridgehead atoms. The summed E-state index contributed by atoms with van der Waals surface area (Å²) in [5.41, 5.74) is 12.2. The second-order valence-electron chi connectivity index (χ2n) is 7.22. The molecule has 0 aromatic heterocycles. The summed E-state index contributed by atoms with van der Waals surface area (Å²) < 4.78 is 16.6. The summed E-state index contributed by atoms with van der Waals surface area (Å²) in [6.45, 7) is 1.29. The van der Waals surface area contributed by atoms with Gasteiger partial charge in [-0.25, -0.2) is 4.79 Å². The van der Waals surface area contributed by atoms with Crippen molar-refractivity contribution in [1.29, 1.82) is 0 Å². The van der Waals surface area contributed by atoms with Gasteiger partial charge in [-0.2, -0.15) is 0 Å². The topological polar surface area (TPSA) is 166 Å². The zero-order chi connectivity index (χ0) is 23.1. The molecule has 7 N–H and O–H groups in total. The van der Waals surface area contributed by atoms with Gasteiger partial charge in [0.2, 0.25) is 5.91 Å². The van der Waals surface area contributed by atoms with E-state index in [2.05, 4.69) is 5.32 Å². The third-order valence-electron chi connectivity index (χ3n) is 4.82. The first kappa shape index (κ1) is 23.4. The molecule has 170 valence electrons. The molecular formula is C21H26BN3O7. The largest absolute Gasteiger partial charge is 0.547 e. The normalized spacial score (nSPS) is 14.8. The van der Waals surface area contributed by atoms with Gasteiger partial charge >= 0.3 is 13.1 Å². The average Bonchev–Trinajstić information content (AvgIpc) is 2.77. The third kappa shape index (κ3) is 5.70. The lowest BCUT2D eigenvalue weighted by Gasteiger charge is -2.29. The summed E-state index contributed by atoms with van der Waals surface area (Å²) in [4.78, 5) is 24.0. The SMILES string of the molecule is NCCOc1ccc(CC(=O)NC2Cc3cccc(C(=O)O)c3OB2O)cc1OCCN. The first-order chi connectivity index (χ1) is 15.4. The van der Waals surface area contributed by atoms with Gasteiger partial charge in [-0.15, -0.1) is 0 Å². The molecule has 32 heavy (non-hydrogen) atoms. The Bertz CT molecular complexity index is 972. The highest BCUT2D eigenvalue weighted by atomic mass is 16.5. The van der Waals surface area contributed by atoms with Crippen molar-refractivity contribution >= 4 is 19.0 Å². The lowest BCUT2D eigenvalue weighted by atomic mass is 9.72. The van der Waals surface area contributed by atoms with Crippen molar-refractivity contribution in [2.45, 2.75) is 18.8 Å². The molecule has 0 spiro atoms. The molecule has 1 amide bonds. The Balaban J connectivity index is 1.67. The van der Waals surface area contributed by atoms with E-state index >= 15 is 0 Å². The predicted molar refractivity (Wildman–Crippen MR) is 117 cm³/mol. The molecule has 1 unspecified atom stereocenters. The Morgan fingerprint density at radius 2 is 1.84 bits per heavy atom. The fraction of sp³-hybridized carbons (Fsp3) is 0.333. The van der Waals surface area contributed by atoms with Gasteiger partial charge in [0, 0.05) is 13.1 Å². The van der Waals surface area contributed by atoms with Gasteiger partial charge < -0.3 is 41.0 Å². The van der Waals surface area contributed by atoms with Crippen LogP contribution in [0.15, 0.2) is 36.4 Å². The molecule has 2 aromatic carbocycles. The molecule has 2 aromatic rings. The molecule has 3 rings (SSSR count). The van der Waals surface area contributed by atoms with Crippen molar-refractivity contribution in [3.63, 3.8) is 0 Å². The molecule has 1 atom stereocenters. The minimum Gasteiger partial charge on any atom is -0.534 e. The van der Waals surface area contributed by atoms with E-state index in [1.165, 1.54) is 6.07 Å². The number of carbonyl (C=O) groups excluding carboxylic acids is 1. The van der Waals surface area contributed by atoms with Crippen LogP contribution in [0.25, 0.3) is 0 Å². The summed E-state index contributed by atoms with van der Waals surface area (Å²) >= 11 is 0. The first-order valence-corrected chi connectivity index (χ1v) is 10.2. The maximum Gasteiger partial charge on any atom is 0.547 e. The molecular weight excluding hydrogens is 417 g/mol. The number of ether oxygens (including phenoxy) is 2. The molecule has 10 nitrogen and oxygen atoms in total. The zero-order valence-corrected chi connectivity index (χ0v) is 17.5. The molecule has 0 aliphatic carbocycles. The second-order valence-corrected chi connectivity index (χ2v) is 7.22. The van der Waals surface area contributed by atoms with Crippen LogP contribution in [-0.4, -0.2) is 61.4 Å². The van der Waals surface area contributed by atoms with Gasteiger partial charge in [-0.05, 0) is 35.7 Å². The minimum atomic E-state index is -1.37. The summed E-state index contributed by atoms with van der Waals surface area (Å²) in [5, 5.41) is 22.3. The zero-order valence-electron chi connectivity index (χ0n) is 17.5. The highest BCUT2D eigenvalue weighted by molar-refractivity contribution is 6.47. The Morgan fingerprint density at radius 3 is 2.53 bits per heavy atom. The monoisotopic (exact) mass is 443 g/mol. The second kappa shape index (κ2) is 10.8. The molecule has 0 saturated heterocycles. The number of para-hydroxylation sites is 1. The predicted octanol–water partition coefficient (Wildman–Crippen LogP) is -0.258. The summed E-state index contributed by atoms with van der Waals surface area (Å²) in [6.07, 6.45) is 0.265. The van der Waals surface area contributed by atoms with Crippen LogP contribution in [0.5, 0.6) is 17.2 Å². The van der Waals surface area contributed by atoms with Crippen LogP contribution in [0.1, 0.15) is 21.5 Å². The van der Waals surface area contributed by atoms with Gasteiger partial charge in [-0.1, -0.05) is 18.2 Å². The van der Waals surface area contributed by atoms with E-state index < -0.39 is 19.0 Å². The van der Waals surface area contributed by atoms with Crippen LogP contribution in [0.4, 0.5) is 0 Å². The molecule has 0 saturated carbocycles. The highest BCUT2D eigenvalue weighted by Gasteiger charge is 2.37. The number of fused-ring (bicyclic) bond motifs is 1. The molecule has 0 fully saturated rings. The van der Waals surface area contributed by atoms with Gasteiger partial charge in [-0.3, -0.25) is 4.79 Å². The van der Waals surface area contributed by atoms with E-state index in [1.807, 2.05) is 0 Å². The van der Waals surface area contributed by atoms with Crippen LogP contribution in [-0.2, 0) is 17.6 Å². The number of nitrogens with two attached hydrogens (primary N) is 2. The van der Waals surface area contributed by atoms with Gasteiger partial charge in [0.25, 0.3) is 0 Å². The van der Waals surface area contributed by atoms with Crippen molar-refractivity contribution in [3.8, 4) is 17.2 Å². The number of hydrogen-bond acceptors (Lipinski definition) is 8. The van der Waals surface area contributed by atoms with Gasteiger partial charge in [0.1, 0.15) is 19.0 Å². The number of nitrogens with one attached hydrogen (secondary N) is 1. The van der Waals surface area contributed by atoms with E-state index in [4.69, 9.17) is 25.6 Å². The van der Waals surface area contributed by atoms with Crippen LogP contribution in [0, 0.1) is 0 Å². The number of rotatable bonds is 10. The average molecular weight is 443 g/mol. The number of carboxylic acids is 1. The molecule has 1 aliphatic rings. The molecule has 0 radical (unpaired) electrons. The van der Waals surface area contributed by atoms with E-state index in [0.717, 1.165) is 0 Å². The highest BCUT2D eigenvalue weighted by Crippen LogP contribution is 2.31. The van der Waals surface area contributed by atoms with Crippen LogP contribution in [0.3, 0.4) is 0 Å². The van der Waals surface area contributed by atoms with E-state index in [9.17, 15) is 19.7 Å². The van der Waals surface area contributed by atoms with Crippen LogP contribution < -0.4 is 30.9 Å². The number of aromatic carboxylic acids is 1. The Hall–Kier alpha value is -3.28. The maximum atomic E-state index is 12.6.